The van der Waals surface area contributed by atoms with Gasteiger partial charge in [0.15, 0.2) is 6.29 Å². The lowest BCUT2D eigenvalue weighted by atomic mass is 9.99. The molecule has 0 radical (unpaired) electrons. The van der Waals surface area contributed by atoms with Crippen molar-refractivity contribution in [3.63, 3.8) is 0 Å². The van der Waals surface area contributed by atoms with Gasteiger partial charge in [-0.1, -0.05) is 24.0 Å². The lowest BCUT2D eigenvalue weighted by Crippen LogP contribution is -2.59. The third-order valence-electron chi connectivity index (χ3n) is 4.00. The molecule has 0 amide bonds. The number of aliphatic hydroxyl groups is 6. The number of allylic oxidation sites excluding steroid dienone is 3. The van der Waals surface area contributed by atoms with E-state index in [2.05, 4.69) is 23.7 Å². The van der Waals surface area contributed by atoms with Gasteiger partial charge < -0.3 is 40.1 Å². The van der Waals surface area contributed by atoms with Crippen LogP contribution in [-0.4, -0.2) is 87.3 Å². The average molecular weight is 396 g/mol. The van der Waals surface area contributed by atoms with Crippen molar-refractivity contribution < 1.29 is 40.1 Å². The van der Waals surface area contributed by atoms with E-state index < -0.39 is 43.4 Å². The zero-order chi connectivity index (χ0) is 20.8. The van der Waals surface area contributed by atoms with Crippen molar-refractivity contribution in [1.82, 2.24) is 0 Å². The molecule has 1 fully saturated rings. The summed E-state index contributed by atoms with van der Waals surface area (Å²) < 4.78 is 11.0. The monoisotopic (exact) mass is 396 g/mol. The molecule has 0 saturated carbocycles. The lowest BCUT2D eigenvalue weighted by Gasteiger charge is -2.40. The minimum absolute atomic E-state index is 0.0672. The van der Waals surface area contributed by atoms with Gasteiger partial charge in [0.2, 0.25) is 0 Å². The second-order valence-electron chi connectivity index (χ2n) is 6.07. The van der Waals surface area contributed by atoms with Crippen molar-refractivity contribution in [2.75, 3.05) is 19.8 Å². The molecule has 1 heterocycles. The molecule has 0 bridgehead atoms. The predicted octanol–water partition coefficient (Wildman–Crippen LogP) is -1.55. The van der Waals surface area contributed by atoms with Crippen LogP contribution in [0, 0.1) is 23.7 Å². The Morgan fingerprint density at radius 3 is 2.18 bits per heavy atom. The molecule has 0 unspecified atom stereocenters. The van der Waals surface area contributed by atoms with Crippen LogP contribution in [0.2, 0.25) is 0 Å². The Hall–Kier alpha value is -1.72. The van der Waals surface area contributed by atoms with Gasteiger partial charge >= 0.3 is 0 Å². The molecule has 0 aromatic carbocycles. The molecule has 0 aromatic heterocycles. The van der Waals surface area contributed by atoms with Crippen LogP contribution in [-0.2, 0) is 9.47 Å². The summed E-state index contributed by atoms with van der Waals surface area (Å²) in [6.45, 7) is -0.736. The SMILES string of the molecule is OC/C=C/C#CC#C/C=C/CC[C@@H](CCO)O[C@@H]1O[C@H](CO)[C@@H](O)[C@H](O)[C@H]1O. The zero-order valence-electron chi connectivity index (χ0n) is 15.5. The van der Waals surface area contributed by atoms with E-state index in [4.69, 9.17) is 14.6 Å². The van der Waals surface area contributed by atoms with Crippen LogP contribution in [0.3, 0.4) is 0 Å². The topological polar surface area (TPSA) is 140 Å². The van der Waals surface area contributed by atoms with E-state index in [0.717, 1.165) is 0 Å². The van der Waals surface area contributed by atoms with E-state index in [1.54, 1.807) is 12.2 Å². The third-order valence-corrected chi connectivity index (χ3v) is 4.00. The molecule has 1 aliphatic heterocycles. The van der Waals surface area contributed by atoms with E-state index in [9.17, 15) is 25.5 Å². The van der Waals surface area contributed by atoms with Gasteiger partial charge in [-0.3, -0.25) is 0 Å². The molecule has 156 valence electrons. The minimum atomic E-state index is -1.51. The molecule has 8 heteroatoms. The van der Waals surface area contributed by atoms with Crippen LogP contribution in [0.5, 0.6) is 0 Å². The first-order chi connectivity index (χ1) is 13.5. The standard InChI is InChI=1S/C20H28O8/c21-12-9-7-5-3-1-2-4-6-8-10-15(11-13-22)27-20-19(26)18(25)17(24)16(14-23)28-20/h4,6-7,9,15-26H,8,10-14H2/b6-4+,9-7+/t15-,16+,17+,18-,19+,20+/m0/s1. The van der Waals surface area contributed by atoms with Gasteiger partial charge in [0.1, 0.15) is 24.4 Å². The Balaban J connectivity index is 2.52. The molecule has 0 spiro atoms. The summed E-state index contributed by atoms with van der Waals surface area (Å²) in [5.41, 5.74) is 0. The quantitative estimate of drug-likeness (QED) is 0.257. The predicted molar refractivity (Wildman–Crippen MR) is 100 cm³/mol. The van der Waals surface area contributed by atoms with E-state index in [1.807, 2.05) is 0 Å². The maximum Gasteiger partial charge on any atom is 0.186 e. The Bertz CT molecular complexity index is 607. The van der Waals surface area contributed by atoms with Crippen molar-refractivity contribution in [2.45, 2.75) is 56.1 Å². The van der Waals surface area contributed by atoms with Gasteiger partial charge in [0.25, 0.3) is 0 Å². The van der Waals surface area contributed by atoms with Gasteiger partial charge in [-0.25, -0.2) is 0 Å². The first-order valence-corrected chi connectivity index (χ1v) is 9.03. The van der Waals surface area contributed by atoms with Crippen LogP contribution in [0.1, 0.15) is 19.3 Å². The van der Waals surface area contributed by atoms with Crippen molar-refractivity contribution in [1.29, 1.82) is 0 Å². The van der Waals surface area contributed by atoms with Gasteiger partial charge in [-0.05, 0) is 43.3 Å². The maximum absolute atomic E-state index is 10.0. The van der Waals surface area contributed by atoms with Gasteiger partial charge in [0, 0.05) is 6.61 Å². The second-order valence-corrected chi connectivity index (χ2v) is 6.07. The fourth-order valence-electron chi connectivity index (χ4n) is 2.49. The largest absolute Gasteiger partial charge is 0.396 e. The molecular weight excluding hydrogens is 368 g/mol. The first-order valence-electron chi connectivity index (χ1n) is 9.03. The van der Waals surface area contributed by atoms with Crippen molar-refractivity contribution >= 4 is 0 Å². The summed E-state index contributed by atoms with van der Waals surface area (Å²) in [5, 5.41) is 56.5. The molecule has 1 aliphatic rings. The number of ether oxygens (including phenoxy) is 2. The number of aliphatic hydroxyl groups excluding tert-OH is 6. The molecule has 6 atom stereocenters. The van der Waals surface area contributed by atoms with E-state index in [-0.39, 0.29) is 19.6 Å². The van der Waals surface area contributed by atoms with Gasteiger partial charge in [0.05, 0.1) is 19.3 Å². The molecule has 6 N–H and O–H groups in total. The summed E-state index contributed by atoms with van der Waals surface area (Å²) in [5.74, 6) is 10.6. The highest BCUT2D eigenvalue weighted by Gasteiger charge is 2.44. The molecular formula is C20H28O8. The van der Waals surface area contributed by atoms with Crippen LogP contribution < -0.4 is 0 Å². The Kier molecular flexibility index (Phi) is 12.4. The van der Waals surface area contributed by atoms with Crippen LogP contribution in [0.15, 0.2) is 24.3 Å². The average Bonchev–Trinajstić information content (AvgIpc) is 2.69. The Morgan fingerprint density at radius 1 is 0.893 bits per heavy atom. The van der Waals surface area contributed by atoms with Crippen LogP contribution in [0.4, 0.5) is 0 Å². The second kappa shape index (κ2) is 14.3. The van der Waals surface area contributed by atoms with E-state index in [1.165, 1.54) is 12.2 Å². The Labute approximate surface area is 164 Å². The normalized spacial score (nSPS) is 28.6. The smallest absolute Gasteiger partial charge is 0.186 e. The fraction of sp³-hybridized carbons (Fsp3) is 0.600. The molecule has 1 rings (SSSR count). The molecule has 8 nitrogen and oxygen atoms in total. The number of rotatable bonds is 9. The number of hydrogen-bond acceptors (Lipinski definition) is 8. The van der Waals surface area contributed by atoms with E-state index in [0.29, 0.717) is 12.8 Å². The maximum atomic E-state index is 10.0. The minimum Gasteiger partial charge on any atom is -0.396 e. The first kappa shape index (κ1) is 24.3. The molecule has 0 aromatic rings. The van der Waals surface area contributed by atoms with Crippen molar-refractivity contribution in [3.8, 4) is 23.7 Å². The van der Waals surface area contributed by atoms with Gasteiger partial charge in [-0.2, -0.15) is 0 Å². The highest BCUT2D eigenvalue weighted by atomic mass is 16.7. The number of hydrogen-bond donors (Lipinski definition) is 6. The highest BCUT2D eigenvalue weighted by Crippen LogP contribution is 2.24. The summed E-state index contributed by atoms with van der Waals surface area (Å²) in [6, 6.07) is 0. The molecule has 28 heavy (non-hydrogen) atoms. The third kappa shape index (κ3) is 8.53. The summed E-state index contributed by atoms with van der Waals surface area (Å²) in [7, 11) is 0. The highest BCUT2D eigenvalue weighted by molar-refractivity contribution is 5.33. The lowest BCUT2D eigenvalue weighted by molar-refractivity contribution is -0.312. The van der Waals surface area contributed by atoms with Gasteiger partial charge in [-0.15, -0.1) is 0 Å². The van der Waals surface area contributed by atoms with Crippen molar-refractivity contribution in [2.24, 2.45) is 0 Å². The molecule has 0 aliphatic carbocycles. The summed E-state index contributed by atoms with van der Waals surface area (Å²) >= 11 is 0. The molecule has 1 saturated heterocycles. The fourth-order valence-corrected chi connectivity index (χ4v) is 2.49. The Morgan fingerprint density at radius 2 is 1.57 bits per heavy atom. The summed E-state index contributed by atoms with van der Waals surface area (Å²) in [4.78, 5) is 0. The van der Waals surface area contributed by atoms with Crippen LogP contribution >= 0.6 is 0 Å². The van der Waals surface area contributed by atoms with Crippen LogP contribution in [0.25, 0.3) is 0 Å². The summed E-state index contributed by atoms with van der Waals surface area (Å²) in [6.07, 6.45) is 0.660. The van der Waals surface area contributed by atoms with E-state index >= 15 is 0 Å². The van der Waals surface area contributed by atoms with Crippen molar-refractivity contribution in [3.05, 3.63) is 24.3 Å². The zero-order valence-corrected chi connectivity index (χ0v) is 15.5.